The number of anilines is 2. The summed E-state index contributed by atoms with van der Waals surface area (Å²) in [5.74, 6) is -0.245. The summed E-state index contributed by atoms with van der Waals surface area (Å²) >= 11 is 12.5. The van der Waals surface area contributed by atoms with E-state index >= 15 is 0 Å². The summed E-state index contributed by atoms with van der Waals surface area (Å²) in [6.07, 6.45) is 0. The van der Waals surface area contributed by atoms with E-state index < -0.39 is 0 Å². The number of hydrogen-bond donors (Lipinski definition) is 2. The summed E-state index contributed by atoms with van der Waals surface area (Å²) in [5.41, 5.74) is 7.42. The van der Waals surface area contributed by atoms with E-state index in [1.165, 1.54) is 0 Å². The fourth-order valence-electron chi connectivity index (χ4n) is 1.51. The maximum atomic E-state index is 12.1. The van der Waals surface area contributed by atoms with Gasteiger partial charge in [0.2, 0.25) is 0 Å². The normalized spacial score (nSPS) is 10.3. The fourth-order valence-corrected chi connectivity index (χ4v) is 2.62. The van der Waals surface area contributed by atoms with Gasteiger partial charge < -0.3 is 11.1 Å². The second-order valence-corrected chi connectivity index (χ2v) is 6.05. The molecule has 0 heterocycles. The van der Waals surface area contributed by atoms with Crippen molar-refractivity contribution in [3.63, 3.8) is 0 Å². The molecule has 0 aliphatic rings. The average Bonchev–Trinajstić information content (AvgIpc) is 2.32. The standard InChI is InChI=1S/C13H9Br2ClN2O/c14-8-3-7(4-9(16)5-8)13(19)18-10-1-2-11(15)12(17)6-10/h1-6H,17H2,(H,18,19). The van der Waals surface area contributed by atoms with E-state index in [4.69, 9.17) is 17.3 Å². The smallest absolute Gasteiger partial charge is 0.255 e. The van der Waals surface area contributed by atoms with Crippen LogP contribution >= 0.6 is 43.5 Å². The first-order valence-electron chi connectivity index (χ1n) is 5.28. The lowest BCUT2D eigenvalue weighted by Crippen LogP contribution is -2.12. The van der Waals surface area contributed by atoms with Crippen LogP contribution in [0.2, 0.25) is 5.02 Å². The highest BCUT2D eigenvalue weighted by molar-refractivity contribution is 9.10. The van der Waals surface area contributed by atoms with Crippen molar-refractivity contribution in [1.29, 1.82) is 0 Å². The van der Waals surface area contributed by atoms with E-state index in [9.17, 15) is 4.79 Å². The molecule has 2 aromatic rings. The Morgan fingerprint density at radius 3 is 2.53 bits per heavy atom. The minimum atomic E-state index is -0.245. The largest absolute Gasteiger partial charge is 0.398 e. The maximum absolute atomic E-state index is 12.1. The van der Waals surface area contributed by atoms with Crippen LogP contribution in [0, 0.1) is 0 Å². The van der Waals surface area contributed by atoms with Gasteiger partial charge in [-0.3, -0.25) is 4.79 Å². The van der Waals surface area contributed by atoms with Gasteiger partial charge in [0.1, 0.15) is 0 Å². The number of nitrogens with two attached hydrogens (primary N) is 1. The Kier molecular flexibility index (Phi) is 4.50. The van der Waals surface area contributed by atoms with Crippen LogP contribution in [0.25, 0.3) is 0 Å². The summed E-state index contributed by atoms with van der Waals surface area (Å²) in [4.78, 5) is 12.1. The predicted octanol–water partition coefficient (Wildman–Crippen LogP) is 4.70. The highest BCUT2D eigenvalue weighted by Gasteiger charge is 2.09. The summed E-state index contributed by atoms with van der Waals surface area (Å²) in [5, 5.41) is 3.26. The monoisotopic (exact) mass is 402 g/mol. The average molecular weight is 404 g/mol. The van der Waals surface area contributed by atoms with Crippen molar-refractivity contribution in [1.82, 2.24) is 0 Å². The van der Waals surface area contributed by atoms with Gasteiger partial charge in [-0.05, 0) is 52.3 Å². The SMILES string of the molecule is Nc1cc(NC(=O)c2cc(Cl)cc(Br)c2)ccc1Br. The van der Waals surface area contributed by atoms with Crippen molar-refractivity contribution in [2.45, 2.75) is 0 Å². The minimum Gasteiger partial charge on any atom is -0.398 e. The van der Waals surface area contributed by atoms with Crippen LogP contribution in [0.3, 0.4) is 0 Å². The fraction of sp³-hybridized carbons (Fsp3) is 0. The van der Waals surface area contributed by atoms with Crippen LogP contribution in [0.15, 0.2) is 45.3 Å². The van der Waals surface area contributed by atoms with Gasteiger partial charge in [-0.1, -0.05) is 27.5 Å². The van der Waals surface area contributed by atoms with Crippen molar-refractivity contribution < 1.29 is 4.79 Å². The van der Waals surface area contributed by atoms with Crippen molar-refractivity contribution in [3.05, 3.63) is 55.9 Å². The zero-order chi connectivity index (χ0) is 14.0. The van der Waals surface area contributed by atoms with Crippen molar-refractivity contribution >= 4 is 60.7 Å². The number of carbonyl (C=O) groups is 1. The van der Waals surface area contributed by atoms with Crippen LogP contribution < -0.4 is 11.1 Å². The molecule has 0 bridgehead atoms. The number of hydrogen-bond acceptors (Lipinski definition) is 2. The molecule has 3 nitrogen and oxygen atoms in total. The van der Waals surface area contributed by atoms with E-state index in [0.717, 1.165) is 8.95 Å². The van der Waals surface area contributed by atoms with E-state index in [-0.39, 0.29) is 5.91 Å². The Morgan fingerprint density at radius 1 is 1.16 bits per heavy atom. The Balaban J connectivity index is 2.22. The molecule has 0 fully saturated rings. The molecule has 0 spiro atoms. The molecule has 1 amide bonds. The van der Waals surface area contributed by atoms with Gasteiger partial charge in [0.15, 0.2) is 0 Å². The Hall–Kier alpha value is -1.04. The van der Waals surface area contributed by atoms with Gasteiger partial charge in [-0.2, -0.15) is 0 Å². The molecule has 19 heavy (non-hydrogen) atoms. The molecule has 6 heteroatoms. The molecule has 2 aromatic carbocycles. The van der Waals surface area contributed by atoms with Crippen LogP contribution in [-0.4, -0.2) is 5.91 Å². The molecule has 0 aromatic heterocycles. The van der Waals surface area contributed by atoms with E-state index in [1.807, 2.05) is 0 Å². The molecule has 0 saturated heterocycles. The van der Waals surface area contributed by atoms with E-state index in [2.05, 4.69) is 37.2 Å². The topological polar surface area (TPSA) is 55.1 Å². The van der Waals surface area contributed by atoms with Gasteiger partial charge in [0.25, 0.3) is 5.91 Å². The first kappa shape index (κ1) is 14.4. The quantitative estimate of drug-likeness (QED) is 0.713. The Bertz CT molecular complexity index is 626. The molecule has 98 valence electrons. The molecule has 0 aliphatic carbocycles. The number of amides is 1. The summed E-state index contributed by atoms with van der Waals surface area (Å²) in [6, 6.07) is 10.2. The lowest BCUT2D eigenvalue weighted by molar-refractivity contribution is 0.102. The van der Waals surface area contributed by atoms with E-state index in [1.54, 1.807) is 36.4 Å². The number of rotatable bonds is 2. The lowest BCUT2D eigenvalue weighted by atomic mass is 10.2. The third kappa shape index (κ3) is 3.72. The molecule has 0 aliphatic heterocycles. The van der Waals surface area contributed by atoms with Crippen LogP contribution in [-0.2, 0) is 0 Å². The highest BCUT2D eigenvalue weighted by atomic mass is 79.9. The summed E-state index contributed by atoms with van der Waals surface area (Å²) < 4.78 is 1.54. The number of nitrogen functional groups attached to an aromatic ring is 1. The molecular weight excluding hydrogens is 395 g/mol. The molecule has 0 saturated carbocycles. The molecule has 0 atom stereocenters. The highest BCUT2D eigenvalue weighted by Crippen LogP contribution is 2.24. The minimum absolute atomic E-state index is 0.245. The Morgan fingerprint density at radius 2 is 1.89 bits per heavy atom. The second-order valence-electron chi connectivity index (χ2n) is 3.85. The van der Waals surface area contributed by atoms with Gasteiger partial charge in [-0.15, -0.1) is 0 Å². The number of benzene rings is 2. The van der Waals surface area contributed by atoms with Crippen LogP contribution in [0.5, 0.6) is 0 Å². The maximum Gasteiger partial charge on any atom is 0.255 e. The predicted molar refractivity (Wildman–Crippen MR) is 85.7 cm³/mol. The van der Waals surface area contributed by atoms with Gasteiger partial charge >= 0.3 is 0 Å². The number of halogens is 3. The lowest BCUT2D eigenvalue weighted by Gasteiger charge is -2.07. The molecule has 3 N–H and O–H groups in total. The molecule has 0 radical (unpaired) electrons. The van der Waals surface area contributed by atoms with Gasteiger partial charge in [0, 0.05) is 30.9 Å². The molecule has 0 unspecified atom stereocenters. The molecular formula is C13H9Br2ClN2O. The molecule has 2 rings (SSSR count). The Labute approximate surface area is 132 Å². The van der Waals surface area contributed by atoms with Gasteiger partial charge in [-0.25, -0.2) is 0 Å². The zero-order valence-corrected chi connectivity index (χ0v) is 13.5. The van der Waals surface area contributed by atoms with Crippen molar-refractivity contribution in [2.24, 2.45) is 0 Å². The van der Waals surface area contributed by atoms with Crippen LogP contribution in [0.1, 0.15) is 10.4 Å². The third-order valence-corrected chi connectivity index (χ3v) is 3.78. The van der Waals surface area contributed by atoms with Crippen molar-refractivity contribution in [3.8, 4) is 0 Å². The zero-order valence-electron chi connectivity index (χ0n) is 9.58. The third-order valence-electron chi connectivity index (χ3n) is 2.38. The second kappa shape index (κ2) is 5.94. The summed E-state index contributed by atoms with van der Waals surface area (Å²) in [7, 11) is 0. The van der Waals surface area contributed by atoms with E-state index in [0.29, 0.717) is 22.0 Å². The number of nitrogens with one attached hydrogen (secondary N) is 1. The first-order chi connectivity index (χ1) is 8.95. The van der Waals surface area contributed by atoms with Crippen molar-refractivity contribution in [2.75, 3.05) is 11.1 Å². The first-order valence-corrected chi connectivity index (χ1v) is 7.24. The summed E-state index contributed by atoms with van der Waals surface area (Å²) in [6.45, 7) is 0. The number of carbonyl (C=O) groups excluding carboxylic acids is 1. The van der Waals surface area contributed by atoms with Crippen LogP contribution in [0.4, 0.5) is 11.4 Å². The van der Waals surface area contributed by atoms with Gasteiger partial charge in [0.05, 0.1) is 0 Å².